The molecule has 0 bridgehead atoms. The Bertz CT molecular complexity index is 768. The van der Waals surface area contributed by atoms with Gasteiger partial charge in [0.05, 0.1) is 6.10 Å². The summed E-state index contributed by atoms with van der Waals surface area (Å²) in [5, 5.41) is 21.7. The van der Waals surface area contributed by atoms with E-state index in [-0.39, 0.29) is 12.3 Å². The van der Waals surface area contributed by atoms with E-state index in [1.54, 1.807) is 0 Å². The number of aliphatic carboxylic acids is 1. The maximum Gasteiger partial charge on any atom is 0.303 e. The van der Waals surface area contributed by atoms with E-state index < -0.39 is 12.1 Å². The van der Waals surface area contributed by atoms with Gasteiger partial charge in [-0.2, -0.15) is 0 Å². The van der Waals surface area contributed by atoms with Crippen molar-refractivity contribution in [3.05, 3.63) is 34.5 Å². The standard InChI is InChI=1S/C22H32ClNO3/c1-4-6-7-8-9-19-22(20(25)12-15(3)13-21(26)27)17-14-16(23)10-11-18(17)24(19)5-2/h10-11,14-15,20,25H,4-9,12-13H2,1-3H3,(H,26,27)/t15?,20-/m0/s1. The minimum atomic E-state index is -0.825. The van der Waals surface area contributed by atoms with Gasteiger partial charge in [0.1, 0.15) is 0 Å². The fourth-order valence-electron chi connectivity index (χ4n) is 4.01. The van der Waals surface area contributed by atoms with E-state index in [2.05, 4.69) is 18.4 Å². The predicted octanol–water partition coefficient (Wildman–Crippen LogP) is 5.97. The summed E-state index contributed by atoms with van der Waals surface area (Å²) in [5.41, 5.74) is 3.19. The fraction of sp³-hybridized carbons (Fsp3) is 0.591. The molecule has 4 nitrogen and oxygen atoms in total. The van der Waals surface area contributed by atoms with Crippen LogP contribution in [0.15, 0.2) is 18.2 Å². The van der Waals surface area contributed by atoms with Gasteiger partial charge < -0.3 is 14.8 Å². The molecule has 0 radical (unpaired) electrons. The molecule has 150 valence electrons. The Morgan fingerprint density at radius 3 is 2.59 bits per heavy atom. The number of nitrogens with zero attached hydrogens (tertiary/aromatic N) is 1. The number of carboxylic acids is 1. The van der Waals surface area contributed by atoms with Gasteiger partial charge in [0.15, 0.2) is 0 Å². The summed E-state index contributed by atoms with van der Waals surface area (Å²) in [6, 6.07) is 5.84. The number of hydrogen-bond donors (Lipinski definition) is 2. The number of fused-ring (bicyclic) bond motifs is 1. The number of aryl methyl sites for hydroxylation is 1. The summed E-state index contributed by atoms with van der Waals surface area (Å²) in [7, 11) is 0. The van der Waals surface area contributed by atoms with Crippen molar-refractivity contribution in [2.75, 3.05) is 0 Å². The van der Waals surface area contributed by atoms with Gasteiger partial charge in [-0.25, -0.2) is 0 Å². The van der Waals surface area contributed by atoms with Crippen LogP contribution in [0.3, 0.4) is 0 Å². The normalized spacial score (nSPS) is 13.8. The second-order valence-electron chi connectivity index (χ2n) is 7.53. The molecule has 0 aliphatic carbocycles. The van der Waals surface area contributed by atoms with E-state index >= 15 is 0 Å². The van der Waals surface area contributed by atoms with Crippen molar-refractivity contribution in [2.45, 2.75) is 78.4 Å². The summed E-state index contributed by atoms with van der Waals surface area (Å²) in [4.78, 5) is 11.0. The zero-order valence-corrected chi connectivity index (χ0v) is 17.4. The van der Waals surface area contributed by atoms with Crippen molar-refractivity contribution in [2.24, 2.45) is 5.92 Å². The first kappa shape index (κ1) is 21.8. The number of unbranched alkanes of at least 4 members (excludes halogenated alkanes) is 3. The monoisotopic (exact) mass is 393 g/mol. The van der Waals surface area contributed by atoms with E-state index in [4.69, 9.17) is 16.7 Å². The van der Waals surface area contributed by atoms with Crippen LogP contribution in [0.1, 0.15) is 76.7 Å². The Morgan fingerprint density at radius 1 is 1.22 bits per heavy atom. The lowest BCUT2D eigenvalue weighted by atomic mass is 9.93. The van der Waals surface area contributed by atoms with Crippen LogP contribution in [0.4, 0.5) is 0 Å². The molecule has 2 aromatic rings. The smallest absolute Gasteiger partial charge is 0.303 e. The maximum atomic E-state index is 11.0. The fourth-order valence-corrected chi connectivity index (χ4v) is 4.18. The third kappa shape index (κ3) is 5.49. The molecule has 2 N–H and O–H groups in total. The predicted molar refractivity (Wildman–Crippen MR) is 111 cm³/mol. The van der Waals surface area contributed by atoms with Gasteiger partial charge in [-0.15, -0.1) is 0 Å². The maximum absolute atomic E-state index is 11.0. The zero-order chi connectivity index (χ0) is 20.0. The van der Waals surface area contributed by atoms with Crippen LogP contribution in [-0.4, -0.2) is 20.7 Å². The summed E-state index contributed by atoms with van der Waals surface area (Å²) in [5.74, 6) is -0.918. The van der Waals surface area contributed by atoms with Crippen LogP contribution in [0, 0.1) is 5.92 Å². The van der Waals surface area contributed by atoms with Crippen LogP contribution in [0.25, 0.3) is 10.9 Å². The van der Waals surface area contributed by atoms with Crippen molar-refractivity contribution in [3.8, 4) is 0 Å². The highest BCUT2D eigenvalue weighted by Gasteiger charge is 2.24. The second kappa shape index (κ2) is 10.1. The van der Waals surface area contributed by atoms with Crippen molar-refractivity contribution in [3.63, 3.8) is 0 Å². The zero-order valence-electron chi connectivity index (χ0n) is 16.7. The molecular weight excluding hydrogens is 362 g/mol. The molecule has 0 saturated heterocycles. The molecule has 5 heteroatoms. The number of rotatable bonds is 11. The molecule has 1 aromatic carbocycles. The molecule has 1 unspecified atom stereocenters. The minimum Gasteiger partial charge on any atom is -0.481 e. The van der Waals surface area contributed by atoms with Gasteiger partial charge in [-0.05, 0) is 50.3 Å². The molecule has 0 saturated carbocycles. The third-order valence-corrected chi connectivity index (χ3v) is 5.48. The van der Waals surface area contributed by atoms with Gasteiger partial charge >= 0.3 is 5.97 Å². The molecule has 1 heterocycles. The number of halogens is 1. The number of aliphatic hydroxyl groups is 1. The molecule has 0 fully saturated rings. The van der Waals surface area contributed by atoms with E-state index in [0.717, 1.165) is 35.9 Å². The number of carbonyl (C=O) groups is 1. The highest BCUT2D eigenvalue weighted by molar-refractivity contribution is 6.31. The first-order valence-corrected chi connectivity index (χ1v) is 10.5. The van der Waals surface area contributed by atoms with Crippen LogP contribution in [-0.2, 0) is 17.8 Å². The first-order valence-electron chi connectivity index (χ1n) is 10.1. The third-order valence-electron chi connectivity index (χ3n) is 5.24. The topological polar surface area (TPSA) is 62.5 Å². The molecule has 1 aromatic heterocycles. The van der Waals surface area contributed by atoms with Crippen LogP contribution in [0.2, 0.25) is 5.02 Å². The Kier molecular flexibility index (Phi) is 8.18. The lowest BCUT2D eigenvalue weighted by Gasteiger charge is -2.18. The number of hydrogen-bond acceptors (Lipinski definition) is 2. The summed E-state index contributed by atoms with van der Waals surface area (Å²) >= 11 is 6.25. The lowest BCUT2D eigenvalue weighted by Crippen LogP contribution is -2.11. The Labute approximate surface area is 167 Å². The highest BCUT2D eigenvalue weighted by atomic mass is 35.5. The Morgan fingerprint density at radius 2 is 1.96 bits per heavy atom. The van der Waals surface area contributed by atoms with E-state index in [0.29, 0.717) is 11.4 Å². The quantitative estimate of drug-likeness (QED) is 0.462. The molecule has 0 spiro atoms. The molecule has 27 heavy (non-hydrogen) atoms. The van der Waals surface area contributed by atoms with Crippen LogP contribution in [0.5, 0.6) is 0 Å². The molecule has 0 aliphatic rings. The SMILES string of the molecule is CCCCCCc1c([C@@H](O)CC(C)CC(=O)O)c2cc(Cl)ccc2n1CC. The van der Waals surface area contributed by atoms with E-state index in [1.165, 1.54) is 25.0 Å². The van der Waals surface area contributed by atoms with Crippen molar-refractivity contribution in [1.82, 2.24) is 4.57 Å². The molecule has 0 aliphatic heterocycles. The van der Waals surface area contributed by atoms with Gasteiger partial charge in [0.2, 0.25) is 0 Å². The lowest BCUT2D eigenvalue weighted by molar-refractivity contribution is -0.138. The molecular formula is C22H32ClNO3. The molecule has 2 rings (SSSR count). The second-order valence-corrected chi connectivity index (χ2v) is 7.97. The Hall–Kier alpha value is -1.52. The molecule has 2 atom stereocenters. The number of benzene rings is 1. The van der Waals surface area contributed by atoms with Gasteiger partial charge in [0, 0.05) is 40.1 Å². The van der Waals surface area contributed by atoms with Gasteiger partial charge in [-0.1, -0.05) is 44.7 Å². The summed E-state index contributed by atoms with van der Waals surface area (Å²) in [6.07, 6.45) is 5.39. The molecule has 0 amide bonds. The average Bonchev–Trinajstić information content (AvgIpc) is 2.90. The average molecular weight is 394 g/mol. The van der Waals surface area contributed by atoms with E-state index in [1.807, 2.05) is 25.1 Å². The first-order chi connectivity index (χ1) is 12.9. The Balaban J connectivity index is 2.42. The number of aromatic nitrogens is 1. The van der Waals surface area contributed by atoms with Crippen molar-refractivity contribution < 1.29 is 15.0 Å². The van der Waals surface area contributed by atoms with Crippen LogP contribution < -0.4 is 0 Å². The minimum absolute atomic E-state index is 0.0655. The van der Waals surface area contributed by atoms with Crippen molar-refractivity contribution >= 4 is 28.5 Å². The largest absolute Gasteiger partial charge is 0.481 e. The van der Waals surface area contributed by atoms with E-state index in [9.17, 15) is 9.90 Å². The number of aliphatic hydroxyl groups excluding tert-OH is 1. The van der Waals surface area contributed by atoms with Gasteiger partial charge in [-0.3, -0.25) is 4.79 Å². The number of carboxylic acid groups (broad SMARTS) is 1. The summed E-state index contributed by atoms with van der Waals surface area (Å²) in [6.45, 7) is 7.03. The highest BCUT2D eigenvalue weighted by Crippen LogP contribution is 2.36. The van der Waals surface area contributed by atoms with Crippen LogP contribution >= 0.6 is 11.6 Å². The summed E-state index contributed by atoms with van der Waals surface area (Å²) < 4.78 is 2.28. The van der Waals surface area contributed by atoms with Crippen molar-refractivity contribution in [1.29, 1.82) is 0 Å². The van der Waals surface area contributed by atoms with Gasteiger partial charge in [0.25, 0.3) is 0 Å².